The molecule has 0 aliphatic carbocycles. The second-order valence-corrected chi connectivity index (χ2v) is 7.23. The normalized spacial score (nSPS) is 16.0. The summed E-state index contributed by atoms with van der Waals surface area (Å²) in [6.07, 6.45) is 3.67. The van der Waals surface area contributed by atoms with Gasteiger partial charge in [-0.2, -0.15) is 0 Å². The fourth-order valence-corrected chi connectivity index (χ4v) is 3.21. The second kappa shape index (κ2) is 8.92. The van der Waals surface area contributed by atoms with Crippen LogP contribution in [0.5, 0.6) is 0 Å². The average Bonchev–Trinajstić information content (AvgIpc) is 2.64. The summed E-state index contributed by atoms with van der Waals surface area (Å²) in [5.74, 6) is 0.563. The zero-order valence-electron chi connectivity index (χ0n) is 15.7. The van der Waals surface area contributed by atoms with Crippen molar-refractivity contribution in [3.05, 3.63) is 59.9 Å². The van der Waals surface area contributed by atoms with Gasteiger partial charge in [-0.15, -0.1) is 0 Å². The summed E-state index contributed by atoms with van der Waals surface area (Å²) in [7, 11) is 0. The highest BCUT2D eigenvalue weighted by molar-refractivity contribution is 5.92. The Bertz CT molecular complexity index is 692. The molecule has 138 valence electrons. The Kier molecular flexibility index (Phi) is 6.36. The lowest BCUT2D eigenvalue weighted by molar-refractivity contribution is -0.117. The number of carbonyl (C=O) groups excluding carboxylic acids is 1. The van der Waals surface area contributed by atoms with E-state index in [-0.39, 0.29) is 5.91 Å². The molecule has 0 bridgehead atoms. The summed E-state index contributed by atoms with van der Waals surface area (Å²) in [6, 6.07) is 12.3. The van der Waals surface area contributed by atoms with Crippen molar-refractivity contribution >= 4 is 11.6 Å². The van der Waals surface area contributed by atoms with Gasteiger partial charge in [0.15, 0.2) is 0 Å². The van der Waals surface area contributed by atoms with Crippen LogP contribution in [0.3, 0.4) is 0 Å². The molecule has 2 aromatic rings. The van der Waals surface area contributed by atoms with Gasteiger partial charge in [-0.25, -0.2) is 0 Å². The van der Waals surface area contributed by atoms with Crippen LogP contribution in [-0.4, -0.2) is 53.4 Å². The number of piperazine rings is 1. The predicted molar refractivity (Wildman–Crippen MR) is 105 cm³/mol. The third-order valence-corrected chi connectivity index (χ3v) is 4.85. The second-order valence-electron chi connectivity index (χ2n) is 7.23. The molecule has 1 fully saturated rings. The van der Waals surface area contributed by atoms with E-state index in [1.807, 2.05) is 24.5 Å². The van der Waals surface area contributed by atoms with Crippen molar-refractivity contribution in [2.75, 3.05) is 38.0 Å². The molecule has 3 rings (SSSR count). The van der Waals surface area contributed by atoms with E-state index >= 15 is 0 Å². The minimum atomic E-state index is 0.0601. The molecule has 1 aromatic heterocycles. The number of anilines is 1. The lowest BCUT2D eigenvalue weighted by atomic mass is 10.0. The fourth-order valence-electron chi connectivity index (χ4n) is 3.21. The van der Waals surface area contributed by atoms with Gasteiger partial charge in [-0.05, 0) is 41.3 Å². The van der Waals surface area contributed by atoms with E-state index in [1.54, 1.807) is 0 Å². The molecule has 1 N–H and O–H groups in total. The van der Waals surface area contributed by atoms with Gasteiger partial charge in [0.2, 0.25) is 5.91 Å². The molecule has 1 aliphatic rings. The number of aromatic nitrogens is 1. The Morgan fingerprint density at radius 3 is 2.23 bits per heavy atom. The van der Waals surface area contributed by atoms with E-state index in [0.29, 0.717) is 12.5 Å². The van der Waals surface area contributed by atoms with Crippen molar-refractivity contribution < 1.29 is 4.79 Å². The zero-order chi connectivity index (χ0) is 18.4. The van der Waals surface area contributed by atoms with E-state index in [0.717, 1.165) is 38.4 Å². The molecule has 1 aromatic carbocycles. The van der Waals surface area contributed by atoms with Crippen LogP contribution in [0.4, 0.5) is 5.69 Å². The van der Waals surface area contributed by atoms with Gasteiger partial charge >= 0.3 is 0 Å². The van der Waals surface area contributed by atoms with Gasteiger partial charge in [-0.3, -0.25) is 19.6 Å². The van der Waals surface area contributed by atoms with E-state index in [1.165, 1.54) is 11.1 Å². The van der Waals surface area contributed by atoms with Gasteiger partial charge < -0.3 is 5.32 Å². The molecule has 0 unspecified atom stereocenters. The number of benzene rings is 1. The first-order chi connectivity index (χ1) is 12.6. The maximum atomic E-state index is 12.3. The molecule has 1 aliphatic heterocycles. The largest absolute Gasteiger partial charge is 0.325 e. The Hall–Kier alpha value is -2.24. The third-order valence-electron chi connectivity index (χ3n) is 4.85. The van der Waals surface area contributed by atoms with Crippen LogP contribution >= 0.6 is 0 Å². The average molecular weight is 352 g/mol. The highest BCUT2D eigenvalue weighted by atomic mass is 16.2. The molecule has 5 nitrogen and oxygen atoms in total. The minimum Gasteiger partial charge on any atom is -0.325 e. The van der Waals surface area contributed by atoms with Crippen molar-refractivity contribution in [2.24, 2.45) is 0 Å². The lowest BCUT2D eigenvalue weighted by Gasteiger charge is -2.34. The van der Waals surface area contributed by atoms with Crippen molar-refractivity contribution in [2.45, 2.75) is 26.3 Å². The molecular weight excluding hydrogens is 324 g/mol. The summed E-state index contributed by atoms with van der Waals surface area (Å²) in [4.78, 5) is 21.0. The molecule has 0 saturated carbocycles. The number of rotatable bonds is 6. The molecule has 1 amide bonds. The molecule has 1 saturated heterocycles. The summed E-state index contributed by atoms with van der Waals surface area (Å²) < 4.78 is 0. The van der Waals surface area contributed by atoms with Crippen molar-refractivity contribution in [3.8, 4) is 0 Å². The van der Waals surface area contributed by atoms with E-state index in [9.17, 15) is 4.79 Å². The predicted octanol–water partition coefficient (Wildman–Crippen LogP) is 2.96. The summed E-state index contributed by atoms with van der Waals surface area (Å²) in [6.45, 7) is 9.55. The molecule has 2 heterocycles. The number of carbonyl (C=O) groups is 1. The number of nitrogens with zero attached hydrogens (tertiary/aromatic N) is 3. The monoisotopic (exact) mass is 352 g/mol. The van der Waals surface area contributed by atoms with Crippen molar-refractivity contribution in [3.63, 3.8) is 0 Å². The first-order valence-corrected chi connectivity index (χ1v) is 9.33. The van der Waals surface area contributed by atoms with Crippen LogP contribution in [-0.2, 0) is 11.3 Å². The van der Waals surface area contributed by atoms with Gasteiger partial charge in [0.05, 0.1) is 6.54 Å². The first-order valence-electron chi connectivity index (χ1n) is 9.33. The lowest BCUT2D eigenvalue weighted by Crippen LogP contribution is -2.48. The molecule has 0 atom stereocenters. The SMILES string of the molecule is CC(C)c1ccc(NC(=O)CN2CCN(Cc3ccncc3)CC2)cc1. The molecule has 26 heavy (non-hydrogen) atoms. The maximum Gasteiger partial charge on any atom is 0.238 e. The highest BCUT2D eigenvalue weighted by Crippen LogP contribution is 2.17. The number of hydrogen-bond donors (Lipinski definition) is 1. The first kappa shape index (κ1) is 18.5. The summed E-state index contributed by atoms with van der Waals surface area (Å²) >= 11 is 0. The third kappa shape index (κ3) is 5.38. The Morgan fingerprint density at radius 2 is 1.62 bits per heavy atom. The van der Waals surface area contributed by atoms with Gasteiger partial charge in [0.25, 0.3) is 0 Å². The van der Waals surface area contributed by atoms with Crippen LogP contribution in [0.15, 0.2) is 48.8 Å². The number of pyridine rings is 1. The van der Waals surface area contributed by atoms with Crippen molar-refractivity contribution in [1.29, 1.82) is 0 Å². The van der Waals surface area contributed by atoms with Crippen LogP contribution in [0, 0.1) is 0 Å². The number of hydrogen-bond acceptors (Lipinski definition) is 4. The van der Waals surface area contributed by atoms with Gasteiger partial charge in [0.1, 0.15) is 0 Å². The maximum absolute atomic E-state index is 12.3. The standard InChI is InChI=1S/C21H28N4O/c1-17(2)19-3-5-20(6-4-19)23-21(26)16-25-13-11-24(12-14-25)15-18-7-9-22-10-8-18/h3-10,17H,11-16H2,1-2H3,(H,23,26). The highest BCUT2D eigenvalue weighted by Gasteiger charge is 2.19. The Morgan fingerprint density at radius 1 is 1.00 bits per heavy atom. The smallest absolute Gasteiger partial charge is 0.238 e. The summed E-state index contributed by atoms with van der Waals surface area (Å²) in [5, 5.41) is 3.01. The van der Waals surface area contributed by atoms with Crippen LogP contribution in [0.1, 0.15) is 30.9 Å². The van der Waals surface area contributed by atoms with Gasteiger partial charge in [-0.1, -0.05) is 26.0 Å². The minimum absolute atomic E-state index is 0.0601. The Labute approximate surface area is 156 Å². The molecule has 5 heteroatoms. The van der Waals surface area contributed by atoms with Crippen LogP contribution in [0.25, 0.3) is 0 Å². The molecule has 0 radical (unpaired) electrons. The van der Waals surface area contributed by atoms with Crippen LogP contribution in [0.2, 0.25) is 0 Å². The fraction of sp³-hybridized carbons (Fsp3) is 0.429. The zero-order valence-corrected chi connectivity index (χ0v) is 15.7. The van der Waals surface area contributed by atoms with Crippen molar-refractivity contribution in [1.82, 2.24) is 14.8 Å². The number of amides is 1. The summed E-state index contributed by atoms with van der Waals surface area (Å²) in [5.41, 5.74) is 3.44. The quantitative estimate of drug-likeness (QED) is 0.868. The number of nitrogens with one attached hydrogen (secondary N) is 1. The molecular formula is C21H28N4O. The topological polar surface area (TPSA) is 48.5 Å². The van der Waals surface area contributed by atoms with E-state index < -0.39 is 0 Å². The molecule has 0 spiro atoms. The Balaban J connectivity index is 1.41. The van der Waals surface area contributed by atoms with Crippen LogP contribution < -0.4 is 5.32 Å². The van der Waals surface area contributed by atoms with E-state index in [2.05, 4.69) is 58.2 Å². The van der Waals surface area contributed by atoms with E-state index in [4.69, 9.17) is 0 Å². The van der Waals surface area contributed by atoms with Gasteiger partial charge in [0, 0.05) is 50.8 Å².